The number of hydrogen-bond acceptors (Lipinski definition) is 11. The van der Waals surface area contributed by atoms with Crippen molar-refractivity contribution in [2.45, 2.75) is 225 Å². The van der Waals surface area contributed by atoms with Crippen molar-refractivity contribution in [3.63, 3.8) is 0 Å². The van der Waals surface area contributed by atoms with Crippen molar-refractivity contribution in [1.82, 2.24) is 5.32 Å². The van der Waals surface area contributed by atoms with Crippen LogP contribution >= 0.6 is 7.82 Å². The molecule has 0 saturated heterocycles. The van der Waals surface area contributed by atoms with E-state index in [1.54, 1.807) is 24.3 Å². The van der Waals surface area contributed by atoms with Gasteiger partial charge in [-0.25, -0.2) is 0 Å². The number of phosphoric ester groups is 1. The second kappa shape index (κ2) is 42.0. The zero-order chi connectivity index (χ0) is 49.1. The Balaban J connectivity index is 2.56. The van der Waals surface area contributed by atoms with Gasteiger partial charge >= 0.3 is 31.7 Å². The number of carbonyl (C=O) groups excluding carboxylic acids is 4. The number of nitrogens with zero attached hydrogens (tertiary/aromatic N) is 1. The van der Waals surface area contributed by atoms with E-state index >= 15 is 0 Å². The second-order valence-corrected chi connectivity index (χ2v) is 19.1. The molecule has 1 aromatic rings. The highest BCUT2D eigenvalue weighted by Crippen LogP contribution is 2.51. The van der Waals surface area contributed by atoms with Gasteiger partial charge < -0.3 is 29.7 Å². The van der Waals surface area contributed by atoms with E-state index in [-0.39, 0.29) is 31.7 Å². The summed E-state index contributed by atoms with van der Waals surface area (Å²) >= 11 is 0. The van der Waals surface area contributed by atoms with Gasteiger partial charge in [-0.15, -0.1) is 0 Å². The number of aliphatic carboxylic acids is 1. The Bertz CT molecular complexity index is 1560. The summed E-state index contributed by atoms with van der Waals surface area (Å²) in [5, 5.41) is 11.7. The number of phosphoric acid groups is 1. The molecule has 0 heterocycles. The quantitative estimate of drug-likeness (QED) is 0.0243. The zero-order valence-electron chi connectivity index (χ0n) is 41.4. The van der Waals surface area contributed by atoms with E-state index < -0.39 is 37.7 Å². The number of carboxylic acids is 1. The van der Waals surface area contributed by atoms with Gasteiger partial charge in [0, 0.05) is 37.7 Å². The molecule has 0 aliphatic rings. The van der Waals surface area contributed by atoms with Crippen LogP contribution in [0.3, 0.4) is 0 Å². The maximum atomic E-state index is 13.6. The molecule has 0 radical (unpaired) electrons. The average Bonchev–Trinajstić information content (AvgIpc) is 3.30. The number of carboxylic acid groups (broad SMARTS) is 1. The molecule has 0 fully saturated rings. The number of amides is 1. The first-order valence-corrected chi connectivity index (χ1v) is 27.4. The van der Waals surface area contributed by atoms with E-state index in [0.717, 1.165) is 77.0 Å². The third-order valence-electron chi connectivity index (χ3n) is 11.3. The Morgan fingerprint density at radius 1 is 0.582 bits per heavy atom. The van der Waals surface area contributed by atoms with Crippen molar-refractivity contribution in [2.24, 2.45) is 10.7 Å². The first kappa shape index (κ1) is 60.9. The van der Waals surface area contributed by atoms with Crippen LogP contribution in [0.25, 0.3) is 0 Å². The molecule has 0 aliphatic heterocycles. The Kier molecular flexibility index (Phi) is 38.2. The molecule has 1 aromatic carbocycles. The summed E-state index contributed by atoms with van der Waals surface area (Å²) in [4.78, 5) is 66.0. The maximum absolute atomic E-state index is 13.6. The number of hydrogen-bond donors (Lipinski definition) is 3. The van der Waals surface area contributed by atoms with Crippen molar-refractivity contribution >= 4 is 43.8 Å². The van der Waals surface area contributed by atoms with Gasteiger partial charge in [0.1, 0.15) is 6.04 Å². The van der Waals surface area contributed by atoms with Crippen LogP contribution in [0.5, 0.6) is 0 Å². The first-order chi connectivity index (χ1) is 32.5. The van der Waals surface area contributed by atoms with Crippen LogP contribution in [0.1, 0.15) is 235 Å². The number of carbonyl (C=O) groups is 5. The van der Waals surface area contributed by atoms with E-state index in [9.17, 15) is 28.5 Å². The zero-order valence-corrected chi connectivity index (χ0v) is 42.3. The molecule has 1 unspecified atom stereocenters. The van der Waals surface area contributed by atoms with Crippen LogP contribution in [0.2, 0.25) is 0 Å². The topological polar surface area (TPSA) is 201 Å². The standard InChI is InChI=1S/C53H88N3O10P/c1-3-5-7-9-11-13-15-17-19-21-23-25-27-29-31-36-49(57)64-67(63,65-50(58)37-32-30-28-26-24-22-20-18-16-14-12-10-8-6-4-2)66-51(59)42-44-55-45-46-38-40-47(41-39-46)52(60)56-43-34-33-35-48(54)53(61)62/h17-20,38-41,45,48H,3-16,21-37,42-44,54H2,1-2H3,(H,56,60)(H,61,62)/b19-17+,20-18+,55-45?. The third-order valence-corrected chi connectivity index (χ3v) is 12.6. The van der Waals surface area contributed by atoms with Gasteiger partial charge in [-0.2, -0.15) is 4.57 Å². The Morgan fingerprint density at radius 3 is 1.42 bits per heavy atom. The molecule has 0 bridgehead atoms. The summed E-state index contributed by atoms with van der Waals surface area (Å²) < 4.78 is 28.9. The number of unbranched alkanes of at least 4 members (excludes halogenated alkanes) is 23. The van der Waals surface area contributed by atoms with Crippen LogP contribution in [-0.2, 0) is 37.3 Å². The number of allylic oxidation sites excluding steroid dienone is 4. The molecular weight excluding hydrogens is 870 g/mol. The highest BCUT2D eigenvalue weighted by atomic mass is 31.2. The number of nitrogens with one attached hydrogen (secondary N) is 1. The van der Waals surface area contributed by atoms with Gasteiger partial charge in [0.25, 0.3) is 5.91 Å². The predicted molar refractivity (Wildman–Crippen MR) is 270 cm³/mol. The highest BCUT2D eigenvalue weighted by Gasteiger charge is 2.39. The van der Waals surface area contributed by atoms with Crippen LogP contribution in [0, 0.1) is 0 Å². The van der Waals surface area contributed by atoms with Crippen molar-refractivity contribution < 1.29 is 47.2 Å². The fourth-order valence-corrected chi connectivity index (χ4v) is 8.34. The van der Waals surface area contributed by atoms with E-state index in [4.69, 9.17) is 24.4 Å². The Labute approximate surface area is 403 Å². The third kappa shape index (κ3) is 36.6. The minimum absolute atomic E-state index is 0.0556. The van der Waals surface area contributed by atoms with Gasteiger partial charge in [-0.3, -0.25) is 29.0 Å². The summed E-state index contributed by atoms with van der Waals surface area (Å²) in [7, 11) is -4.89. The average molecular weight is 958 g/mol. The number of rotatable bonds is 44. The molecule has 1 atom stereocenters. The summed E-state index contributed by atoms with van der Waals surface area (Å²) in [5.74, 6) is -4.05. The molecule has 1 rings (SSSR count). The smallest absolute Gasteiger partial charge is 0.480 e. The molecule has 1 amide bonds. The van der Waals surface area contributed by atoms with Gasteiger partial charge in [-0.1, -0.05) is 153 Å². The Hall–Kier alpha value is -4.09. The summed E-state index contributed by atoms with van der Waals surface area (Å²) in [6.07, 6.45) is 40.2. The molecule has 14 heteroatoms. The van der Waals surface area contributed by atoms with Crippen molar-refractivity contribution in [1.29, 1.82) is 0 Å². The van der Waals surface area contributed by atoms with E-state index in [2.05, 4.69) is 48.5 Å². The fraction of sp³-hybridized carbons (Fsp3) is 0.698. The molecule has 13 nitrogen and oxygen atoms in total. The maximum Gasteiger partial charge on any atom is 0.653 e. The normalized spacial score (nSPS) is 12.2. The van der Waals surface area contributed by atoms with Crippen molar-refractivity contribution in [2.75, 3.05) is 13.1 Å². The Morgan fingerprint density at radius 2 is 0.985 bits per heavy atom. The van der Waals surface area contributed by atoms with E-state index in [1.807, 2.05) is 0 Å². The monoisotopic (exact) mass is 958 g/mol. The van der Waals surface area contributed by atoms with Gasteiger partial charge in [-0.05, 0) is 101 Å². The lowest BCUT2D eigenvalue weighted by Crippen LogP contribution is -2.30. The summed E-state index contributed by atoms with van der Waals surface area (Å²) in [5.41, 5.74) is 6.59. The molecule has 0 saturated carbocycles. The second-order valence-electron chi connectivity index (χ2n) is 17.6. The summed E-state index contributed by atoms with van der Waals surface area (Å²) in [6, 6.07) is 5.70. The SMILES string of the molecule is CCCCCCCC/C=C/CCCCCCCC(=O)OP(=O)(OC(=O)CCCCCCC/C=C/CCCCCCCC)OC(=O)CCN=Cc1ccc(C(=O)NCCCCC(N)C(=O)O)cc1. The molecule has 0 aromatic heterocycles. The van der Waals surface area contributed by atoms with Crippen LogP contribution < -0.4 is 11.1 Å². The predicted octanol–water partition coefficient (Wildman–Crippen LogP) is 13.6. The number of aliphatic imine (C=N–C) groups is 1. The van der Waals surface area contributed by atoms with Crippen LogP contribution in [0.15, 0.2) is 53.6 Å². The van der Waals surface area contributed by atoms with Crippen LogP contribution in [0.4, 0.5) is 0 Å². The highest BCUT2D eigenvalue weighted by molar-refractivity contribution is 7.50. The lowest BCUT2D eigenvalue weighted by molar-refractivity contribution is -0.145. The van der Waals surface area contributed by atoms with Gasteiger partial charge in [0.2, 0.25) is 0 Å². The summed E-state index contributed by atoms with van der Waals surface area (Å²) in [6.45, 7) is 4.79. The van der Waals surface area contributed by atoms with Crippen molar-refractivity contribution in [3.8, 4) is 0 Å². The minimum atomic E-state index is -4.89. The van der Waals surface area contributed by atoms with Crippen LogP contribution in [-0.4, -0.2) is 60.2 Å². The number of nitrogens with two attached hydrogens (primary N) is 1. The van der Waals surface area contributed by atoms with Gasteiger partial charge in [0.05, 0.1) is 6.42 Å². The molecule has 380 valence electrons. The fourth-order valence-electron chi connectivity index (χ4n) is 7.21. The van der Waals surface area contributed by atoms with E-state index in [0.29, 0.717) is 49.8 Å². The van der Waals surface area contributed by atoms with E-state index in [1.165, 1.54) is 83.3 Å². The largest absolute Gasteiger partial charge is 0.653 e. The first-order valence-electron chi connectivity index (χ1n) is 25.9. The molecule has 0 spiro atoms. The molecule has 67 heavy (non-hydrogen) atoms. The minimum Gasteiger partial charge on any atom is -0.480 e. The number of benzene rings is 1. The lowest BCUT2D eigenvalue weighted by Gasteiger charge is -2.16. The van der Waals surface area contributed by atoms with Crippen molar-refractivity contribution in [3.05, 3.63) is 59.7 Å². The lowest BCUT2D eigenvalue weighted by atomic mass is 10.1. The molecular formula is C53H88N3O10P. The molecule has 4 N–H and O–H groups in total. The molecule has 0 aliphatic carbocycles. The van der Waals surface area contributed by atoms with Gasteiger partial charge in [0.15, 0.2) is 0 Å².